The van der Waals surface area contributed by atoms with Gasteiger partial charge in [-0.05, 0) is 45.3 Å². The van der Waals surface area contributed by atoms with Crippen LogP contribution in [0.3, 0.4) is 0 Å². The van der Waals surface area contributed by atoms with E-state index in [2.05, 4.69) is 24.2 Å². The first-order chi connectivity index (χ1) is 8.33. The Kier molecular flexibility index (Phi) is 8.72. The average Bonchev–Trinajstić information content (AvgIpc) is 2.36. The molecule has 0 radical (unpaired) electrons. The second-order valence-corrected chi connectivity index (χ2v) is 5.72. The van der Waals surface area contributed by atoms with Gasteiger partial charge in [-0.2, -0.15) is 0 Å². The Bertz CT molecular complexity index is 164. The number of nitrogens with zero attached hydrogens (tertiary/aromatic N) is 1. The largest absolute Gasteiger partial charge is 0.315 e. The van der Waals surface area contributed by atoms with Crippen molar-refractivity contribution in [3.8, 4) is 0 Å². The lowest BCUT2D eigenvalue weighted by Gasteiger charge is -2.23. The van der Waals surface area contributed by atoms with Crippen LogP contribution in [-0.2, 0) is 0 Å². The van der Waals surface area contributed by atoms with Gasteiger partial charge in [0.15, 0.2) is 0 Å². The smallest absolute Gasteiger partial charge is 0.0104 e. The minimum atomic E-state index is 0.967. The molecule has 2 nitrogen and oxygen atoms in total. The van der Waals surface area contributed by atoms with E-state index < -0.39 is 0 Å². The van der Waals surface area contributed by atoms with Crippen LogP contribution in [0, 0.1) is 5.92 Å². The van der Waals surface area contributed by atoms with Crippen LogP contribution in [0.25, 0.3) is 0 Å². The molecule has 1 aliphatic carbocycles. The van der Waals surface area contributed by atoms with Crippen molar-refractivity contribution < 1.29 is 0 Å². The molecule has 0 atom stereocenters. The highest BCUT2D eigenvalue weighted by atomic mass is 15.1. The Morgan fingerprint density at radius 3 is 2.53 bits per heavy atom. The summed E-state index contributed by atoms with van der Waals surface area (Å²) in [4.78, 5) is 2.46. The SMILES string of the molecule is CCCCCN(C)CCNCC1CCCCC1. The number of likely N-dealkylation sites (N-methyl/N-ethyl adjacent to an activating group) is 1. The lowest BCUT2D eigenvalue weighted by molar-refractivity contribution is 0.304. The van der Waals surface area contributed by atoms with E-state index in [0.717, 1.165) is 5.92 Å². The van der Waals surface area contributed by atoms with Gasteiger partial charge in [0.2, 0.25) is 0 Å². The molecule has 0 amide bonds. The molecule has 0 unspecified atom stereocenters. The summed E-state index contributed by atoms with van der Waals surface area (Å²) in [5.41, 5.74) is 0. The van der Waals surface area contributed by atoms with Crippen LogP contribution in [-0.4, -0.2) is 38.1 Å². The van der Waals surface area contributed by atoms with Gasteiger partial charge < -0.3 is 10.2 Å². The predicted octanol–water partition coefficient (Wildman–Crippen LogP) is 3.28. The fourth-order valence-corrected chi connectivity index (χ4v) is 2.71. The van der Waals surface area contributed by atoms with Crippen LogP contribution < -0.4 is 5.32 Å². The first-order valence-electron chi connectivity index (χ1n) is 7.72. The molecule has 0 heterocycles. The molecule has 0 aromatic heterocycles. The zero-order chi connectivity index (χ0) is 12.3. The van der Waals surface area contributed by atoms with E-state index >= 15 is 0 Å². The highest BCUT2D eigenvalue weighted by Crippen LogP contribution is 2.22. The lowest BCUT2D eigenvalue weighted by atomic mass is 9.89. The van der Waals surface area contributed by atoms with Gasteiger partial charge >= 0.3 is 0 Å². The summed E-state index contributed by atoms with van der Waals surface area (Å²) in [6.07, 6.45) is 11.4. The van der Waals surface area contributed by atoms with E-state index in [4.69, 9.17) is 0 Å². The van der Waals surface area contributed by atoms with Crippen molar-refractivity contribution in [2.75, 3.05) is 33.2 Å². The minimum absolute atomic E-state index is 0.967. The van der Waals surface area contributed by atoms with Crippen molar-refractivity contribution in [2.24, 2.45) is 5.92 Å². The summed E-state index contributed by atoms with van der Waals surface area (Å²) >= 11 is 0. The van der Waals surface area contributed by atoms with Crippen molar-refractivity contribution in [1.82, 2.24) is 10.2 Å². The summed E-state index contributed by atoms with van der Waals surface area (Å²) in [6, 6.07) is 0. The zero-order valence-electron chi connectivity index (χ0n) is 12.0. The molecule has 102 valence electrons. The molecule has 1 rings (SSSR count). The van der Waals surface area contributed by atoms with E-state index in [1.54, 1.807) is 0 Å². The first-order valence-corrected chi connectivity index (χ1v) is 7.72. The molecule has 0 bridgehead atoms. The lowest BCUT2D eigenvalue weighted by Crippen LogP contribution is -2.33. The molecule has 0 saturated heterocycles. The monoisotopic (exact) mass is 240 g/mol. The molecule has 1 fully saturated rings. The normalized spacial score (nSPS) is 17.8. The molecule has 0 aromatic carbocycles. The van der Waals surface area contributed by atoms with Crippen molar-refractivity contribution >= 4 is 0 Å². The minimum Gasteiger partial charge on any atom is -0.315 e. The standard InChI is InChI=1S/C15H32N2/c1-3-4-8-12-17(2)13-11-16-14-15-9-6-5-7-10-15/h15-16H,3-14H2,1-2H3. The Balaban J connectivity index is 1.88. The molecule has 1 aliphatic rings. The van der Waals surface area contributed by atoms with Crippen LogP contribution in [0.1, 0.15) is 58.3 Å². The van der Waals surface area contributed by atoms with Crippen molar-refractivity contribution in [3.63, 3.8) is 0 Å². The Morgan fingerprint density at radius 1 is 1.06 bits per heavy atom. The quantitative estimate of drug-likeness (QED) is 0.622. The average molecular weight is 240 g/mol. The maximum absolute atomic E-state index is 3.63. The van der Waals surface area contributed by atoms with Gasteiger partial charge in [-0.25, -0.2) is 0 Å². The van der Waals surface area contributed by atoms with Gasteiger partial charge in [0, 0.05) is 13.1 Å². The highest BCUT2D eigenvalue weighted by Gasteiger charge is 2.12. The molecule has 1 N–H and O–H groups in total. The number of hydrogen-bond donors (Lipinski definition) is 1. The summed E-state index contributed by atoms with van der Waals surface area (Å²) in [5, 5.41) is 3.63. The number of unbranched alkanes of at least 4 members (excludes halogenated alkanes) is 2. The summed E-state index contributed by atoms with van der Waals surface area (Å²) in [5.74, 6) is 0.967. The summed E-state index contributed by atoms with van der Waals surface area (Å²) < 4.78 is 0. The third-order valence-corrected chi connectivity index (χ3v) is 3.97. The van der Waals surface area contributed by atoms with E-state index in [1.807, 2.05) is 0 Å². The van der Waals surface area contributed by atoms with Gasteiger partial charge in [-0.3, -0.25) is 0 Å². The van der Waals surface area contributed by atoms with Gasteiger partial charge in [0.25, 0.3) is 0 Å². The molecule has 0 aromatic rings. The number of hydrogen-bond acceptors (Lipinski definition) is 2. The maximum atomic E-state index is 3.63. The Labute approximate surface area is 108 Å². The highest BCUT2D eigenvalue weighted by molar-refractivity contribution is 4.68. The number of nitrogens with one attached hydrogen (secondary N) is 1. The van der Waals surface area contributed by atoms with Crippen LogP contribution >= 0.6 is 0 Å². The molecule has 0 aliphatic heterocycles. The Morgan fingerprint density at radius 2 is 1.82 bits per heavy atom. The van der Waals surface area contributed by atoms with E-state index in [-0.39, 0.29) is 0 Å². The van der Waals surface area contributed by atoms with E-state index in [0.29, 0.717) is 0 Å². The summed E-state index contributed by atoms with van der Waals surface area (Å²) in [6.45, 7) is 7.16. The van der Waals surface area contributed by atoms with Gasteiger partial charge in [-0.15, -0.1) is 0 Å². The fraction of sp³-hybridized carbons (Fsp3) is 1.00. The van der Waals surface area contributed by atoms with Gasteiger partial charge in [0.05, 0.1) is 0 Å². The molecule has 2 heteroatoms. The fourth-order valence-electron chi connectivity index (χ4n) is 2.71. The van der Waals surface area contributed by atoms with E-state index in [9.17, 15) is 0 Å². The number of rotatable bonds is 9. The molecule has 17 heavy (non-hydrogen) atoms. The van der Waals surface area contributed by atoms with Crippen LogP contribution in [0.4, 0.5) is 0 Å². The van der Waals surface area contributed by atoms with Crippen LogP contribution in [0.15, 0.2) is 0 Å². The van der Waals surface area contributed by atoms with Crippen LogP contribution in [0.5, 0.6) is 0 Å². The van der Waals surface area contributed by atoms with Crippen molar-refractivity contribution in [1.29, 1.82) is 0 Å². The Hall–Kier alpha value is -0.0800. The van der Waals surface area contributed by atoms with Crippen molar-refractivity contribution in [2.45, 2.75) is 58.3 Å². The van der Waals surface area contributed by atoms with Gasteiger partial charge in [-0.1, -0.05) is 39.0 Å². The topological polar surface area (TPSA) is 15.3 Å². The molecule has 1 saturated carbocycles. The van der Waals surface area contributed by atoms with Crippen LogP contribution in [0.2, 0.25) is 0 Å². The zero-order valence-corrected chi connectivity index (χ0v) is 12.0. The molecular formula is C15H32N2. The van der Waals surface area contributed by atoms with Gasteiger partial charge in [0.1, 0.15) is 0 Å². The maximum Gasteiger partial charge on any atom is 0.0104 e. The molecule has 0 spiro atoms. The van der Waals surface area contributed by atoms with E-state index in [1.165, 1.54) is 77.5 Å². The summed E-state index contributed by atoms with van der Waals surface area (Å²) in [7, 11) is 2.25. The second-order valence-electron chi connectivity index (χ2n) is 5.72. The second kappa shape index (κ2) is 9.90. The molecular weight excluding hydrogens is 208 g/mol. The predicted molar refractivity (Wildman–Crippen MR) is 76.5 cm³/mol. The first kappa shape index (κ1) is 15.0. The van der Waals surface area contributed by atoms with Crippen molar-refractivity contribution in [3.05, 3.63) is 0 Å². The third kappa shape index (κ3) is 7.77. The third-order valence-electron chi connectivity index (χ3n) is 3.97.